The van der Waals surface area contributed by atoms with Gasteiger partial charge in [0.05, 0.1) is 16.2 Å². The molecule has 1 aromatic carbocycles. The van der Waals surface area contributed by atoms with Gasteiger partial charge in [0.2, 0.25) is 0 Å². The zero-order valence-corrected chi connectivity index (χ0v) is 11.7. The summed E-state index contributed by atoms with van der Waals surface area (Å²) in [6.07, 6.45) is 1.37. The lowest BCUT2D eigenvalue weighted by Gasteiger charge is -2.23. The van der Waals surface area contributed by atoms with E-state index in [1.54, 1.807) is 24.3 Å². The molecule has 0 amide bonds. The molecule has 1 aliphatic rings. The molecule has 1 heterocycles. The van der Waals surface area contributed by atoms with Crippen LogP contribution < -0.4 is 0 Å². The summed E-state index contributed by atoms with van der Waals surface area (Å²) in [5.74, 6) is 0.274. The number of sulfone groups is 1. The Morgan fingerprint density at radius 2 is 2.00 bits per heavy atom. The van der Waals surface area contributed by atoms with E-state index < -0.39 is 15.1 Å². The van der Waals surface area contributed by atoms with Crippen LogP contribution in [0.5, 0.6) is 0 Å². The highest BCUT2D eigenvalue weighted by atomic mass is 32.2. The van der Waals surface area contributed by atoms with Crippen LogP contribution in [0.25, 0.3) is 0 Å². The van der Waals surface area contributed by atoms with Crippen molar-refractivity contribution in [1.29, 1.82) is 0 Å². The fraction of sp³-hybridized carbons (Fsp3) is 0.571. The lowest BCUT2D eigenvalue weighted by Crippen LogP contribution is -2.34. The Morgan fingerprint density at radius 1 is 1.33 bits per heavy atom. The van der Waals surface area contributed by atoms with Gasteiger partial charge in [-0.1, -0.05) is 38.5 Å². The molecule has 0 spiro atoms. The summed E-state index contributed by atoms with van der Waals surface area (Å²) in [4.78, 5) is 0.411. The van der Waals surface area contributed by atoms with Gasteiger partial charge in [0.15, 0.2) is 9.84 Å². The van der Waals surface area contributed by atoms with Crippen LogP contribution in [0.1, 0.15) is 26.7 Å². The van der Waals surface area contributed by atoms with Crippen LogP contribution in [-0.4, -0.2) is 26.4 Å². The molecule has 1 aliphatic heterocycles. The highest BCUT2D eigenvalue weighted by Crippen LogP contribution is 2.31. The van der Waals surface area contributed by atoms with Crippen molar-refractivity contribution in [3.63, 3.8) is 0 Å². The Balaban J connectivity index is 2.30. The second kappa shape index (κ2) is 5.41. The van der Waals surface area contributed by atoms with Crippen molar-refractivity contribution in [1.82, 2.24) is 0 Å². The largest absolute Gasteiger partial charge is 0.377 e. The van der Waals surface area contributed by atoms with Crippen LogP contribution in [-0.2, 0) is 14.6 Å². The lowest BCUT2D eigenvalue weighted by atomic mass is 9.99. The van der Waals surface area contributed by atoms with E-state index in [1.165, 1.54) is 0 Å². The van der Waals surface area contributed by atoms with E-state index >= 15 is 0 Å². The maximum atomic E-state index is 12.6. The molecule has 0 N–H and O–H groups in total. The molecule has 3 nitrogen and oxygen atoms in total. The van der Waals surface area contributed by atoms with E-state index in [2.05, 4.69) is 13.8 Å². The third-order valence-corrected chi connectivity index (χ3v) is 5.98. The quantitative estimate of drug-likeness (QED) is 0.843. The first-order valence-corrected chi connectivity index (χ1v) is 8.02. The van der Waals surface area contributed by atoms with Gasteiger partial charge >= 0.3 is 0 Å². The summed E-state index contributed by atoms with van der Waals surface area (Å²) in [6, 6.07) is 8.70. The number of hydrogen-bond donors (Lipinski definition) is 0. The Bertz CT molecular complexity index is 481. The topological polar surface area (TPSA) is 43.4 Å². The molecular weight excluding hydrogens is 248 g/mol. The van der Waals surface area contributed by atoms with Gasteiger partial charge in [-0.2, -0.15) is 0 Å². The molecule has 100 valence electrons. The molecule has 4 heteroatoms. The first kappa shape index (κ1) is 13.6. The first-order chi connectivity index (χ1) is 8.57. The molecule has 2 rings (SSSR count). The monoisotopic (exact) mass is 268 g/mol. The summed E-state index contributed by atoms with van der Waals surface area (Å²) in [5.41, 5.74) is 0. The number of benzene rings is 1. The lowest BCUT2D eigenvalue weighted by molar-refractivity contribution is 0.0693. The Morgan fingerprint density at radius 3 is 2.61 bits per heavy atom. The number of rotatable bonds is 4. The van der Waals surface area contributed by atoms with Crippen molar-refractivity contribution >= 4 is 9.84 Å². The zero-order valence-electron chi connectivity index (χ0n) is 10.9. The third kappa shape index (κ3) is 2.45. The summed E-state index contributed by atoms with van der Waals surface area (Å²) >= 11 is 0. The Kier molecular flexibility index (Phi) is 4.07. The van der Waals surface area contributed by atoms with Gasteiger partial charge in [-0.05, 0) is 24.5 Å². The van der Waals surface area contributed by atoms with E-state index in [0.717, 1.165) is 6.42 Å². The van der Waals surface area contributed by atoms with E-state index in [4.69, 9.17) is 4.74 Å². The highest BCUT2D eigenvalue weighted by molar-refractivity contribution is 7.92. The minimum absolute atomic E-state index is 0.166. The van der Waals surface area contributed by atoms with E-state index in [-0.39, 0.29) is 12.0 Å². The average Bonchev–Trinajstić information content (AvgIpc) is 2.89. The molecule has 0 bridgehead atoms. The standard InChI is InChI=1S/C14H20O3S/c1-3-11(2)14-13(9-10-17-14)18(15,16)12-7-5-4-6-8-12/h4-8,11,13-14H,3,9-10H2,1-2H3. The minimum Gasteiger partial charge on any atom is -0.377 e. The van der Waals surface area contributed by atoms with Crippen molar-refractivity contribution in [2.75, 3.05) is 6.61 Å². The van der Waals surface area contributed by atoms with Gasteiger partial charge < -0.3 is 4.74 Å². The van der Waals surface area contributed by atoms with Crippen LogP contribution in [0.2, 0.25) is 0 Å². The molecule has 0 aliphatic carbocycles. The van der Waals surface area contributed by atoms with Crippen LogP contribution in [0.15, 0.2) is 35.2 Å². The molecular formula is C14H20O3S. The van der Waals surface area contributed by atoms with E-state index in [9.17, 15) is 8.42 Å². The van der Waals surface area contributed by atoms with Gasteiger partial charge in [0.25, 0.3) is 0 Å². The number of hydrogen-bond acceptors (Lipinski definition) is 3. The van der Waals surface area contributed by atoms with Gasteiger partial charge in [-0.15, -0.1) is 0 Å². The molecule has 3 unspecified atom stereocenters. The minimum atomic E-state index is -3.27. The second-order valence-electron chi connectivity index (χ2n) is 4.91. The normalized spacial score (nSPS) is 26.1. The predicted octanol–water partition coefficient (Wildman–Crippen LogP) is 2.66. The van der Waals surface area contributed by atoms with Crippen molar-refractivity contribution in [3.8, 4) is 0 Å². The smallest absolute Gasteiger partial charge is 0.183 e. The number of ether oxygens (including phenoxy) is 1. The van der Waals surface area contributed by atoms with Gasteiger partial charge in [0.1, 0.15) is 0 Å². The van der Waals surface area contributed by atoms with Gasteiger partial charge in [0, 0.05) is 6.61 Å². The molecule has 0 radical (unpaired) electrons. The SMILES string of the molecule is CCC(C)C1OCCC1S(=O)(=O)c1ccccc1. The van der Waals surface area contributed by atoms with Crippen LogP contribution in [0.3, 0.4) is 0 Å². The zero-order chi connectivity index (χ0) is 13.2. The van der Waals surface area contributed by atoms with Crippen molar-refractivity contribution in [2.24, 2.45) is 5.92 Å². The van der Waals surface area contributed by atoms with Crippen molar-refractivity contribution in [3.05, 3.63) is 30.3 Å². The van der Waals surface area contributed by atoms with Crippen molar-refractivity contribution < 1.29 is 13.2 Å². The Labute approximate surface area is 109 Å². The van der Waals surface area contributed by atoms with Crippen LogP contribution >= 0.6 is 0 Å². The molecule has 0 saturated carbocycles. The molecule has 18 heavy (non-hydrogen) atoms. The maximum absolute atomic E-state index is 12.6. The van der Waals surface area contributed by atoms with Gasteiger partial charge in [-0.3, -0.25) is 0 Å². The average molecular weight is 268 g/mol. The fourth-order valence-corrected chi connectivity index (χ4v) is 4.46. The van der Waals surface area contributed by atoms with Gasteiger partial charge in [-0.25, -0.2) is 8.42 Å². The summed E-state index contributed by atoms with van der Waals surface area (Å²) < 4.78 is 30.8. The van der Waals surface area contributed by atoms with E-state index in [1.807, 2.05) is 6.07 Å². The fourth-order valence-electron chi connectivity index (χ4n) is 2.47. The maximum Gasteiger partial charge on any atom is 0.183 e. The van der Waals surface area contributed by atoms with E-state index in [0.29, 0.717) is 17.9 Å². The highest BCUT2D eigenvalue weighted by Gasteiger charge is 2.41. The molecule has 1 fully saturated rings. The third-order valence-electron chi connectivity index (χ3n) is 3.75. The first-order valence-electron chi connectivity index (χ1n) is 6.48. The van der Waals surface area contributed by atoms with Crippen molar-refractivity contribution in [2.45, 2.75) is 42.9 Å². The molecule has 1 aromatic rings. The molecule has 3 atom stereocenters. The summed E-state index contributed by atoms with van der Waals surface area (Å²) in [6.45, 7) is 4.67. The molecule has 0 aromatic heterocycles. The second-order valence-corrected chi connectivity index (χ2v) is 7.07. The van der Waals surface area contributed by atoms with Crippen LogP contribution in [0, 0.1) is 5.92 Å². The molecule has 1 saturated heterocycles. The predicted molar refractivity (Wildman–Crippen MR) is 71.2 cm³/mol. The summed E-state index contributed by atoms with van der Waals surface area (Å²) in [7, 11) is -3.27. The van der Waals surface area contributed by atoms with Crippen LogP contribution in [0.4, 0.5) is 0 Å². The Hall–Kier alpha value is -0.870. The summed E-state index contributed by atoms with van der Waals surface area (Å²) in [5, 5.41) is -0.394.